The molecule has 2 aliphatic rings. The minimum absolute atomic E-state index is 0.234. The Kier molecular flexibility index (Phi) is 1.81. The van der Waals surface area contributed by atoms with Crippen molar-refractivity contribution in [3.8, 4) is 0 Å². The number of oxime groups is 1. The van der Waals surface area contributed by atoms with Crippen LogP contribution in [0.15, 0.2) is 17.3 Å². The van der Waals surface area contributed by atoms with Gasteiger partial charge in [0.05, 0.1) is 5.71 Å². The molecule has 1 N–H and O–H groups in total. The fourth-order valence-electron chi connectivity index (χ4n) is 1.42. The topological polar surface area (TPSA) is 62.1 Å². The predicted molar refractivity (Wildman–Crippen MR) is 44.6 cm³/mol. The van der Waals surface area contributed by atoms with Crippen molar-refractivity contribution in [2.45, 2.75) is 25.8 Å². The number of carbonyl (C=O) groups excluding carboxylic acids is 1. The highest BCUT2D eigenvalue weighted by molar-refractivity contribution is 5.91. The molecule has 0 aromatic rings. The molecule has 0 aromatic heterocycles. The summed E-state index contributed by atoms with van der Waals surface area (Å²) in [5, 5.41) is 13.1. The van der Waals surface area contributed by atoms with E-state index in [2.05, 4.69) is 5.16 Å². The summed E-state index contributed by atoms with van der Waals surface area (Å²) in [5.41, 5.74) is 0.830. The molecule has 2 unspecified atom stereocenters. The van der Waals surface area contributed by atoms with Gasteiger partial charge in [0.25, 0.3) is 5.91 Å². The lowest BCUT2D eigenvalue weighted by atomic mass is 10.2. The Morgan fingerprint density at radius 2 is 2.54 bits per heavy atom. The molecule has 1 amide bonds. The van der Waals surface area contributed by atoms with Gasteiger partial charge in [0, 0.05) is 12.5 Å². The van der Waals surface area contributed by atoms with E-state index in [-0.39, 0.29) is 5.91 Å². The molecule has 5 heteroatoms. The third-order valence-corrected chi connectivity index (χ3v) is 2.06. The second-order valence-electron chi connectivity index (χ2n) is 3.11. The van der Waals surface area contributed by atoms with E-state index in [1.165, 1.54) is 17.1 Å². The van der Waals surface area contributed by atoms with Gasteiger partial charge < -0.3 is 9.94 Å². The zero-order valence-electron chi connectivity index (χ0n) is 7.17. The minimum Gasteiger partial charge on any atom is -0.370 e. The van der Waals surface area contributed by atoms with Gasteiger partial charge in [0.15, 0.2) is 6.23 Å². The van der Waals surface area contributed by atoms with E-state index in [9.17, 15) is 9.90 Å². The predicted octanol–water partition coefficient (Wildman–Crippen LogP) is -0.175. The second-order valence-corrected chi connectivity index (χ2v) is 3.11. The maximum absolute atomic E-state index is 11.2. The zero-order chi connectivity index (χ0) is 9.42. The third kappa shape index (κ3) is 1.31. The normalized spacial score (nSPS) is 32.3. The Bertz CT molecular complexity index is 298. The Balaban J connectivity index is 2.07. The van der Waals surface area contributed by atoms with Crippen LogP contribution < -0.4 is 0 Å². The lowest BCUT2D eigenvalue weighted by Gasteiger charge is -2.24. The number of aliphatic hydroxyl groups excluding tert-OH is 1. The van der Waals surface area contributed by atoms with Gasteiger partial charge in [-0.3, -0.25) is 9.69 Å². The summed E-state index contributed by atoms with van der Waals surface area (Å²) in [6.07, 6.45) is 2.00. The SMILES string of the molecule is CC1=NOC(N2C(=O)C=CC2O)C1. The molecule has 0 saturated heterocycles. The van der Waals surface area contributed by atoms with Gasteiger partial charge in [0.1, 0.15) is 0 Å². The van der Waals surface area contributed by atoms with Crippen molar-refractivity contribution < 1.29 is 14.7 Å². The number of nitrogens with zero attached hydrogens (tertiary/aromatic N) is 2. The molecule has 2 aliphatic heterocycles. The van der Waals surface area contributed by atoms with Crippen molar-refractivity contribution >= 4 is 11.6 Å². The van der Waals surface area contributed by atoms with Crippen molar-refractivity contribution in [2.75, 3.05) is 0 Å². The molecule has 5 nitrogen and oxygen atoms in total. The number of carbonyl (C=O) groups is 1. The standard InChI is InChI=1S/C8H10N2O3/c1-5-4-8(13-9-5)10-6(11)2-3-7(10)12/h2-3,6,8,11H,4H2,1H3. The minimum atomic E-state index is -0.876. The molecule has 0 fully saturated rings. The average molecular weight is 182 g/mol. The lowest BCUT2D eigenvalue weighted by Crippen LogP contribution is -2.42. The fourth-order valence-corrected chi connectivity index (χ4v) is 1.42. The van der Waals surface area contributed by atoms with E-state index in [4.69, 9.17) is 4.84 Å². The van der Waals surface area contributed by atoms with Crippen LogP contribution in [0.2, 0.25) is 0 Å². The van der Waals surface area contributed by atoms with Crippen LogP contribution in [-0.4, -0.2) is 34.1 Å². The molecule has 13 heavy (non-hydrogen) atoms. The van der Waals surface area contributed by atoms with Crippen LogP contribution in [0, 0.1) is 0 Å². The van der Waals surface area contributed by atoms with E-state index < -0.39 is 12.5 Å². The Hall–Kier alpha value is -1.36. The zero-order valence-corrected chi connectivity index (χ0v) is 7.17. The number of aliphatic hydroxyl groups is 1. The Labute approximate surface area is 75.3 Å². The summed E-state index contributed by atoms with van der Waals surface area (Å²) in [4.78, 5) is 17.5. The molecular formula is C8H10N2O3. The third-order valence-electron chi connectivity index (χ3n) is 2.06. The largest absolute Gasteiger partial charge is 0.370 e. The first-order valence-corrected chi connectivity index (χ1v) is 4.06. The van der Waals surface area contributed by atoms with E-state index >= 15 is 0 Å². The van der Waals surface area contributed by atoms with Gasteiger partial charge in [-0.2, -0.15) is 0 Å². The molecule has 0 aromatic carbocycles. The van der Waals surface area contributed by atoms with E-state index in [1.807, 2.05) is 6.92 Å². The van der Waals surface area contributed by atoms with Crippen LogP contribution in [0.4, 0.5) is 0 Å². The monoisotopic (exact) mass is 182 g/mol. The molecule has 70 valence electrons. The van der Waals surface area contributed by atoms with Crippen molar-refractivity contribution in [2.24, 2.45) is 5.16 Å². The van der Waals surface area contributed by atoms with Crippen molar-refractivity contribution in [3.05, 3.63) is 12.2 Å². The Morgan fingerprint density at radius 1 is 1.77 bits per heavy atom. The molecule has 0 spiro atoms. The highest BCUT2D eigenvalue weighted by atomic mass is 16.7. The summed E-state index contributed by atoms with van der Waals surface area (Å²) in [5.74, 6) is -0.234. The molecule has 0 aliphatic carbocycles. The molecule has 0 bridgehead atoms. The smallest absolute Gasteiger partial charge is 0.251 e. The first-order chi connectivity index (χ1) is 6.18. The van der Waals surface area contributed by atoms with Gasteiger partial charge in [-0.05, 0) is 13.0 Å². The van der Waals surface area contributed by atoms with Crippen LogP contribution in [-0.2, 0) is 9.63 Å². The molecule has 2 atom stereocenters. The number of hydrogen-bond donors (Lipinski definition) is 1. The first-order valence-electron chi connectivity index (χ1n) is 4.06. The maximum atomic E-state index is 11.2. The fraction of sp³-hybridized carbons (Fsp3) is 0.500. The van der Waals surface area contributed by atoms with Gasteiger partial charge in [-0.1, -0.05) is 5.16 Å². The Morgan fingerprint density at radius 3 is 3.00 bits per heavy atom. The molecular weight excluding hydrogens is 172 g/mol. The van der Waals surface area contributed by atoms with Gasteiger partial charge in [-0.25, -0.2) is 0 Å². The summed E-state index contributed by atoms with van der Waals surface area (Å²) >= 11 is 0. The van der Waals surface area contributed by atoms with Crippen LogP contribution in [0.1, 0.15) is 13.3 Å². The van der Waals surface area contributed by atoms with Crippen LogP contribution >= 0.6 is 0 Å². The average Bonchev–Trinajstić information content (AvgIpc) is 2.60. The summed E-state index contributed by atoms with van der Waals surface area (Å²) in [7, 11) is 0. The number of rotatable bonds is 1. The van der Waals surface area contributed by atoms with E-state index in [1.54, 1.807) is 0 Å². The van der Waals surface area contributed by atoms with E-state index in [0.29, 0.717) is 6.42 Å². The van der Waals surface area contributed by atoms with Crippen LogP contribution in [0.25, 0.3) is 0 Å². The van der Waals surface area contributed by atoms with Crippen molar-refractivity contribution in [1.82, 2.24) is 4.90 Å². The van der Waals surface area contributed by atoms with Gasteiger partial charge in [0.2, 0.25) is 6.23 Å². The van der Waals surface area contributed by atoms with Crippen LogP contribution in [0.5, 0.6) is 0 Å². The van der Waals surface area contributed by atoms with E-state index in [0.717, 1.165) is 5.71 Å². The highest BCUT2D eigenvalue weighted by Crippen LogP contribution is 2.20. The van der Waals surface area contributed by atoms with Crippen molar-refractivity contribution in [3.63, 3.8) is 0 Å². The number of hydrogen-bond acceptors (Lipinski definition) is 4. The number of amides is 1. The molecule has 0 radical (unpaired) electrons. The quantitative estimate of drug-likeness (QED) is 0.612. The summed E-state index contributed by atoms with van der Waals surface area (Å²) in [6, 6.07) is 0. The lowest BCUT2D eigenvalue weighted by molar-refractivity contribution is -0.150. The first kappa shape index (κ1) is 8.25. The summed E-state index contributed by atoms with van der Waals surface area (Å²) in [6.45, 7) is 1.82. The van der Waals surface area contributed by atoms with Gasteiger partial charge in [-0.15, -0.1) is 0 Å². The summed E-state index contributed by atoms with van der Waals surface area (Å²) < 4.78 is 0. The van der Waals surface area contributed by atoms with Gasteiger partial charge >= 0.3 is 0 Å². The molecule has 0 saturated carbocycles. The maximum Gasteiger partial charge on any atom is 0.251 e. The highest BCUT2D eigenvalue weighted by Gasteiger charge is 2.35. The second kappa shape index (κ2) is 2.85. The molecule has 2 heterocycles. The van der Waals surface area contributed by atoms with Crippen molar-refractivity contribution in [1.29, 1.82) is 0 Å². The van der Waals surface area contributed by atoms with Crippen LogP contribution in [0.3, 0.4) is 0 Å². The molecule has 2 rings (SSSR count).